The molecule has 84 valence electrons. The molecule has 0 saturated carbocycles. The van der Waals surface area contributed by atoms with Gasteiger partial charge in [-0.05, 0) is 32.9 Å². The molecule has 0 spiro atoms. The van der Waals surface area contributed by atoms with Crippen molar-refractivity contribution < 1.29 is 14.1 Å². The smallest absolute Gasteiger partial charge is 0.138 e. The first-order valence-corrected chi connectivity index (χ1v) is 5.80. The lowest BCUT2D eigenvalue weighted by Gasteiger charge is -2.20. The van der Waals surface area contributed by atoms with Crippen LogP contribution in [-0.4, -0.2) is 21.2 Å². The Morgan fingerprint density at radius 2 is 1.93 bits per heavy atom. The van der Waals surface area contributed by atoms with Crippen molar-refractivity contribution in [1.29, 1.82) is 0 Å². The number of benzene rings is 1. The van der Waals surface area contributed by atoms with Crippen LogP contribution >= 0.6 is 0 Å². The minimum atomic E-state index is -1.30. The second-order valence-corrected chi connectivity index (χ2v) is 6.36. The highest BCUT2D eigenvalue weighted by Crippen LogP contribution is 2.35. The Morgan fingerprint density at radius 1 is 1.33 bits per heavy atom. The Labute approximate surface area is 92.5 Å². The Bertz CT molecular complexity index is 380. The number of aromatic hydroxyl groups is 1. The number of methoxy groups -OCH3 is 1. The van der Waals surface area contributed by atoms with Crippen LogP contribution in [0.2, 0.25) is 0 Å². The van der Waals surface area contributed by atoms with Crippen LogP contribution in [0.25, 0.3) is 0 Å². The van der Waals surface area contributed by atoms with E-state index < -0.39 is 15.5 Å². The zero-order chi connectivity index (χ0) is 11.6. The average Bonchev–Trinajstić information content (AvgIpc) is 2.15. The maximum atomic E-state index is 12.1. The summed E-state index contributed by atoms with van der Waals surface area (Å²) in [7, 11) is 0.199. The largest absolute Gasteiger partial charge is 0.507 e. The van der Waals surface area contributed by atoms with E-state index in [0.29, 0.717) is 10.6 Å². The van der Waals surface area contributed by atoms with E-state index in [4.69, 9.17) is 4.74 Å². The molecule has 0 fully saturated rings. The van der Waals surface area contributed by atoms with Gasteiger partial charge in [0, 0.05) is 4.75 Å². The Hall–Kier alpha value is -1.03. The van der Waals surface area contributed by atoms with Gasteiger partial charge in [-0.1, -0.05) is 6.07 Å². The molecule has 1 aromatic carbocycles. The van der Waals surface area contributed by atoms with Gasteiger partial charge in [0.25, 0.3) is 0 Å². The molecule has 1 rings (SSSR count). The lowest BCUT2D eigenvalue weighted by molar-refractivity contribution is 0.389. The van der Waals surface area contributed by atoms with Crippen LogP contribution in [0.3, 0.4) is 0 Å². The molecular weight excluding hydrogens is 212 g/mol. The highest BCUT2D eigenvalue weighted by atomic mass is 32.2. The molecule has 0 aliphatic carbocycles. The zero-order valence-corrected chi connectivity index (χ0v) is 10.2. The van der Waals surface area contributed by atoms with Crippen LogP contribution in [0.1, 0.15) is 20.8 Å². The van der Waals surface area contributed by atoms with E-state index in [9.17, 15) is 9.32 Å². The molecule has 0 radical (unpaired) electrons. The number of hydrogen-bond donors (Lipinski definition) is 1. The number of hydrogen-bond acceptors (Lipinski definition) is 3. The van der Waals surface area contributed by atoms with Gasteiger partial charge < -0.3 is 9.84 Å². The second kappa shape index (κ2) is 4.23. The maximum absolute atomic E-state index is 12.1. The van der Waals surface area contributed by atoms with Gasteiger partial charge in [0.1, 0.15) is 16.4 Å². The van der Waals surface area contributed by atoms with Crippen LogP contribution in [0.5, 0.6) is 11.5 Å². The van der Waals surface area contributed by atoms with Gasteiger partial charge in [0.2, 0.25) is 0 Å². The van der Waals surface area contributed by atoms with Gasteiger partial charge in [-0.15, -0.1) is 0 Å². The van der Waals surface area contributed by atoms with E-state index in [0.717, 1.165) is 0 Å². The van der Waals surface area contributed by atoms with Crippen molar-refractivity contribution >= 4 is 10.8 Å². The summed E-state index contributed by atoms with van der Waals surface area (Å²) in [5.41, 5.74) is 0. The molecule has 1 atom stereocenters. The van der Waals surface area contributed by atoms with Gasteiger partial charge in [0.05, 0.1) is 17.9 Å². The van der Waals surface area contributed by atoms with Crippen molar-refractivity contribution in [3.63, 3.8) is 0 Å². The molecule has 3 nitrogen and oxygen atoms in total. The lowest BCUT2D eigenvalue weighted by atomic mass is 10.3. The first-order valence-electron chi connectivity index (χ1n) is 4.65. The molecule has 0 saturated heterocycles. The molecule has 0 amide bonds. The summed E-state index contributed by atoms with van der Waals surface area (Å²) in [5, 5.41) is 9.68. The standard InChI is InChI=1S/C11H16O3S/c1-11(2,3)15(13)10-8(12)6-5-7-9(10)14-4/h5-7,12H,1-4H3. The van der Waals surface area contributed by atoms with Crippen LogP contribution < -0.4 is 4.74 Å². The van der Waals surface area contributed by atoms with Crippen molar-refractivity contribution in [3.8, 4) is 11.5 Å². The molecule has 0 aromatic heterocycles. The average molecular weight is 228 g/mol. The van der Waals surface area contributed by atoms with Crippen LogP contribution in [0.4, 0.5) is 0 Å². The normalized spacial score (nSPS) is 13.6. The predicted molar refractivity (Wildman–Crippen MR) is 60.8 cm³/mol. The maximum Gasteiger partial charge on any atom is 0.138 e. The van der Waals surface area contributed by atoms with Gasteiger partial charge in [-0.3, -0.25) is 4.21 Å². The third kappa shape index (κ3) is 2.50. The molecule has 4 heteroatoms. The summed E-state index contributed by atoms with van der Waals surface area (Å²) in [6.45, 7) is 5.57. The minimum Gasteiger partial charge on any atom is -0.507 e. The van der Waals surface area contributed by atoms with Gasteiger partial charge in [-0.25, -0.2) is 0 Å². The molecule has 15 heavy (non-hydrogen) atoms. The summed E-state index contributed by atoms with van der Waals surface area (Å²) in [5.74, 6) is 0.478. The highest BCUT2D eigenvalue weighted by molar-refractivity contribution is 7.86. The minimum absolute atomic E-state index is 0.0163. The first-order chi connectivity index (χ1) is 6.88. The van der Waals surface area contributed by atoms with E-state index in [1.165, 1.54) is 13.2 Å². The summed E-state index contributed by atoms with van der Waals surface area (Å²) < 4.78 is 16.8. The monoisotopic (exact) mass is 228 g/mol. The molecule has 1 aromatic rings. The molecule has 0 aliphatic rings. The third-order valence-corrected chi connectivity index (χ3v) is 3.81. The van der Waals surface area contributed by atoms with E-state index in [1.54, 1.807) is 12.1 Å². The predicted octanol–water partition coefficient (Wildman–Crippen LogP) is 2.31. The topological polar surface area (TPSA) is 46.5 Å². The SMILES string of the molecule is COc1cccc(O)c1S(=O)C(C)(C)C. The quantitative estimate of drug-likeness (QED) is 0.845. The number of phenolic OH excluding ortho intramolecular Hbond substituents is 1. The molecule has 1 unspecified atom stereocenters. The fraction of sp³-hybridized carbons (Fsp3) is 0.455. The van der Waals surface area contributed by atoms with Crippen molar-refractivity contribution in [1.82, 2.24) is 0 Å². The molecule has 1 N–H and O–H groups in total. The zero-order valence-electron chi connectivity index (χ0n) is 9.40. The van der Waals surface area contributed by atoms with Crippen LogP contribution in [0.15, 0.2) is 23.1 Å². The van der Waals surface area contributed by atoms with Crippen LogP contribution in [0, 0.1) is 0 Å². The number of ether oxygens (including phenoxy) is 1. The third-order valence-electron chi connectivity index (χ3n) is 1.92. The Balaban J connectivity index is 3.30. The summed E-state index contributed by atoms with van der Waals surface area (Å²) >= 11 is 0. The molecule has 0 bridgehead atoms. The lowest BCUT2D eigenvalue weighted by Crippen LogP contribution is -2.22. The Kier molecular flexibility index (Phi) is 3.39. The number of phenols is 1. The molecular formula is C11H16O3S. The second-order valence-electron chi connectivity index (χ2n) is 4.19. The fourth-order valence-corrected chi connectivity index (χ4v) is 2.36. The van der Waals surface area contributed by atoms with E-state index >= 15 is 0 Å². The van der Waals surface area contributed by atoms with Crippen molar-refractivity contribution in [2.75, 3.05) is 7.11 Å². The van der Waals surface area contributed by atoms with E-state index in [2.05, 4.69) is 0 Å². The number of rotatable bonds is 2. The first kappa shape index (κ1) is 12.0. The van der Waals surface area contributed by atoms with Crippen molar-refractivity contribution in [2.45, 2.75) is 30.4 Å². The van der Waals surface area contributed by atoms with Gasteiger partial charge >= 0.3 is 0 Å². The van der Waals surface area contributed by atoms with E-state index in [1.807, 2.05) is 20.8 Å². The van der Waals surface area contributed by atoms with Gasteiger partial charge in [-0.2, -0.15) is 0 Å². The van der Waals surface area contributed by atoms with E-state index in [-0.39, 0.29) is 5.75 Å². The van der Waals surface area contributed by atoms with Crippen LogP contribution in [-0.2, 0) is 10.8 Å². The molecule has 0 aliphatic heterocycles. The summed E-state index contributed by atoms with van der Waals surface area (Å²) in [4.78, 5) is 0.368. The van der Waals surface area contributed by atoms with Crippen molar-refractivity contribution in [2.24, 2.45) is 0 Å². The van der Waals surface area contributed by atoms with Crippen molar-refractivity contribution in [3.05, 3.63) is 18.2 Å². The summed E-state index contributed by atoms with van der Waals surface area (Å²) in [6, 6.07) is 4.87. The Morgan fingerprint density at radius 3 is 2.40 bits per heavy atom. The van der Waals surface area contributed by atoms with Gasteiger partial charge in [0.15, 0.2) is 0 Å². The summed E-state index contributed by atoms with van der Waals surface area (Å²) in [6.07, 6.45) is 0. The fourth-order valence-electron chi connectivity index (χ4n) is 1.16. The molecule has 0 heterocycles. The highest BCUT2D eigenvalue weighted by Gasteiger charge is 2.26.